The fraction of sp³-hybridized carbons (Fsp3) is 0. The van der Waals surface area contributed by atoms with Gasteiger partial charge in [-0.2, -0.15) is 0 Å². The summed E-state index contributed by atoms with van der Waals surface area (Å²) in [5, 5.41) is 6.20. The maximum absolute atomic E-state index is 4.70. The van der Waals surface area contributed by atoms with Crippen molar-refractivity contribution >= 4 is 53.2 Å². The van der Waals surface area contributed by atoms with E-state index >= 15 is 0 Å². The number of thiophene rings is 1. The van der Waals surface area contributed by atoms with Gasteiger partial charge in [-0.1, -0.05) is 78.9 Å². The molecule has 0 radical (unpaired) electrons. The first kappa shape index (κ1) is 14.8. The molecule has 0 aliphatic carbocycles. The molecule has 0 fully saturated rings. The molecule has 0 saturated heterocycles. The van der Waals surface area contributed by atoms with Gasteiger partial charge in [0.25, 0.3) is 0 Å². The minimum atomic E-state index is 1.02. The number of benzene rings is 4. The highest BCUT2D eigenvalue weighted by Gasteiger charge is 2.15. The van der Waals surface area contributed by atoms with Crippen molar-refractivity contribution in [1.29, 1.82) is 0 Å². The zero-order chi connectivity index (χ0) is 17.8. The van der Waals surface area contributed by atoms with Gasteiger partial charge in [0, 0.05) is 15.6 Å². The molecule has 0 unspecified atom stereocenters. The van der Waals surface area contributed by atoms with Crippen LogP contribution in [0.2, 0.25) is 0 Å². The third-order valence-electron chi connectivity index (χ3n) is 5.19. The van der Waals surface area contributed by atoms with E-state index in [1.807, 2.05) is 0 Å². The number of hydrogen-bond donors (Lipinski definition) is 0. The summed E-state index contributed by atoms with van der Waals surface area (Å²) in [4.78, 5) is 9.34. The van der Waals surface area contributed by atoms with Crippen LogP contribution >= 0.6 is 11.3 Å². The molecule has 0 atom stereocenters. The van der Waals surface area contributed by atoms with Gasteiger partial charge in [0.05, 0.1) is 15.9 Å². The maximum Gasteiger partial charge on any atom is 0.116 e. The van der Waals surface area contributed by atoms with Gasteiger partial charge in [0.2, 0.25) is 0 Å². The van der Waals surface area contributed by atoms with Crippen LogP contribution in [0.15, 0.2) is 85.2 Å². The Balaban J connectivity index is 1.77. The first-order valence-corrected chi connectivity index (χ1v) is 9.75. The molecule has 6 rings (SSSR count). The van der Waals surface area contributed by atoms with Gasteiger partial charge >= 0.3 is 0 Å². The molecule has 6 aromatic rings. The van der Waals surface area contributed by atoms with Gasteiger partial charge in [0.15, 0.2) is 0 Å². The van der Waals surface area contributed by atoms with E-state index in [2.05, 4.69) is 83.8 Å². The number of aromatic nitrogens is 2. The number of rotatable bonds is 1. The van der Waals surface area contributed by atoms with Crippen LogP contribution in [0.5, 0.6) is 0 Å². The van der Waals surface area contributed by atoms with Crippen LogP contribution in [-0.2, 0) is 0 Å². The zero-order valence-electron chi connectivity index (χ0n) is 14.4. The summed E-state index contributed by atoms with van der Waals surface area (Å²) in [6, 6.07) is 27.8. The molecular formula is C24H14N2S. The van der Waals surface area contributed by atoms with Crippen LogP contribution in [-0.4, -0.2) is 9.97 Å². The summed E-state index contributed by atoms with van der Waals surface area (Å²) in [5.41, 5.74) is 3.22. The summed E-state index contributed by atoms with van der Waals surface area (Å²) in [6.07, 6.45) is 1.70. The minimum Gasteiger partial charge on any atom is -0.235 e. The highest BCUT2D eigenvalue weighted by Crippen LogP contribution is 2.41. The summed E-state index contributed by atoms with van der Waals surface area (Å²) >= 11 is 1.80. The Morgan fingerprint density at radius 3 is 2.19 bits per heavy atom. The molecule has 0 aliphatic heterocycles. The van der Waals surface area contributed by atoms with Gasteiger partial charge < -0.3 is 0 Å². The Bertz CT molecular complexity index is 1470. The molecule has 0 amide bonds. The summed E-state index contributed by atoms with van der Waals surface area (Å²) < 4.78 is 2.44. The Morgan fingerprint density at radius 2 is 1.30 bits per heavy atom. The van der Waals surface area contributed by atoms with Gasteiger partial charge in [-0.15, -0.1) is 11.3 Å². The molecule has 0 aliphatic rings. The van der Waals surface area contributed by atoms with Crippen LogP contribution in [0.25, 0.3) is 53.1 Å². The van der Waals surface area contributed by atoms with Crippen molar-refractivity contribution in [3.63, 3.8) is 0 Å². The molecule has 2 heterocycles. The molecule has 3 heteroatoms. The third-order valence-corrected chi connectivity index (χ3v) is 6.42. The predicted octanol–water partition coefficient (Wildman–Crippen LogP) is 6.82. The summed E-state index contributed by atoms with van der Waals surface area (Å²) in [5.74, 6) is 0. The van der Waals surface area contributed by atoms with Crippen LogP contribution in [0.1, 0.15) is 0 Å². The van der Waals surface area contributed by atoms with E-state index in [1.54, 1.807) is 17.7 Å². The Kier molecular flexibility index (Phi) is 3.07. The lowest BCUT2D eigenvalue weighted by molar-refractivity contribution is 1.24. The van der Waals surface area contributed by atoms with Crippen LogP contribution < -0.4 is 0 Å². The number of hydrogen-bond acceptors (Lipinski definition) is 3. The largest absolute Gasteiger partial charge is 0.235 e. The Hall–Kier alpha value is -3.30. The van der Waals surface area contributed by atoms with Crippen LogP contribution in [0.3, 0.4) is 0 Å². The Morgan fingerprint density at radius 1 is 0.556 bits per heavy atom. The van der Waals surface area contributed by atoms with E-state index in [0.29, 0.717) is 0 Å². The van der Waals surface area contributed by atoms with Crippen molar-refractivity contribution in [2.45, 2.75) is 0 Å². The van der Waals surface area contributed by atoms with E-state index in [4.69, 9.17) is 4.98 Å². The van der Waals surface area contributed by atoms with Crippen molar-refractivity contribution in [2.75, 3.05) is 0 Å². The molecule has 27 heavy (non-hydrogen) atoms. The van der Waals surface area contributed by atoms with Gasteiger partial charge in [-0.25, -0.2) is 9.97 Å². The number of nitrogens with zero attached hydrogens (tertiary/aromatic N) is 2. The van der Waals surface area contributed by atoms with E-state index in [9.17, 15) is 0 Å². The van der Waals surface area contributed by atoms with E-state index in [0.717, 1.165) is 21.5 Å². The minimum absolute atomic E-state index is 1.02. The fourth-order valence-electron chi connectivity index (χ4n) is 3.93. The van der Waals surface area contributed by atoms with Crippen molar-refractivity contribution in [3.05, 3.63) is 85.2 Å². The molecule has 4 aromatic carbocycles. The first-order chi connectivity index (χ1) is 13.4. The fourth-order valence-corrected chi connectivity index (χ4v) is 5.22. The van der Waals surface area contributed by atoms with E-state index < -0.39 is 0 Å². The topological polar surface area (TPSA) is 25.8 Å². The normalized spacial score (nSPS) is 11.7. The molecule has 0 spiro atoms. The zero-order valence-corrected chi connectivity index (χ0v) is 15.2. The standard InChI is InChI=1S/C24H14N2S/c1-3-9-17-15(6-1)8-5-11-19(17)21-24-22(26-14-25-21)20-13-12-16-7-2-4-10-18(16)23(20)27-24/h1-14H. The van der Waals surface area contributed by atoms with Crippen molar-refractivity contribution in [1.82, 2.24) is 9.97 Å². The quantitative estimate of drug-likeness (QED) is 0.321. The smallest absolute Gasteiger partial charge is 0.116 e. The average molecular weight is 362 g/mol. The number of fused-ring (bicyclic) bond motifs is 6. The molecule has 0 N–H and O–H groups in total. The molecule has 2 aromatic heterocycles. The monoisotopic (exact) mass is 362 g/mol. The summed E-state index contributed by atoms with van der Waals surface area (Å²) in [6.45, 7) is 0. The van der Waals surface area contributed by atoms with E-state index in [1.165, 1.54) is 31.6 Å². The average Bonchev–Trinajstić information content (AvgIpc) is 3.13. The second-order valence-electron chi connectivity index (χ2n) is 6.69. The molecule has 0 saturated carbocycles. The SMILES string of the molecule is c1ccc2c(-c3ncnc4c3sc3c5ccccc5ccc43)cccc2c1. The lowest BCUT2D eigenvalue weighted by atomic mass is 10.0. The van der Waals surface area contributed by atoms with Crippen molar-refractivity contribution in [3.8, 4) is 11.3 Å². The highest BCUT2D eigenvalue weighted by molar-refractivity contribution is 7.27. The first-order valence-electron chi connectivity index (χ1n) is 8.93. The lowest BCUT2D eigenvalue weighted by Gasteiger charge is -2.06. The molecule has 0 bridgehead atoms. The molecule has 126 valence electrons. The van der Waals surface area contributed by atoms with Crippen LogP contribution in [0.4, 0.5) is 0 Å². The highest BCUT2D eigenvalue weighted by atomic mass is 32.1. The van der Waals surface area contributed by atoms with Crippen molar-refractivity contribution < 1.29 is 0 Å². The second kappa shape index (κ2) is 5.60. The van der Waals surface area contributed by atoms with Gasteiger partial charge in [-0.3, -0.25) is 0 Å². The Labute approximate surface area is 159 Å². The summed E-state index contributed by atoms with van der Waals surface area (Å²) in [7, 11) is 0. The third kappa shape index (κ3) is 2.12. The van der Waals surface area contributed by atoms with Crippen LogP contribution in [0, 0.1) is 0 Å². The molecular weight excluding hydrogens is 348 g/mol. The second-order valence-corrected chi connectivity index (χ2v) is 7.71. The van der Waals surface area contributed by atoms with Gasteiger partial charge in [0.1, 0.15) is 6.33 Å². The maximum atomic E-state index is 4.70. The van der Waals surface area contributed by atoms with Crippen molar-refractivity contribution in [2.24, 2.45) is 0 Å². The predicted molar refractivity (Wildman–Crippen MR) is 115 cm³/mol. The van der Waals surface area contributed by atoms with E-state index in [-0.39, 0.29) is 0 Å². The molecule has 2 nitrogen and oxygen atoms in total. The lowest BCUT2D eigenvalue weighted by Crippen LogP contribution is -1.87. The van der Waals surface area contributed by atoms with Gasteiger partial charge in [-0.05, 0) is 21.5 Å².